The number of anilines is 1. The minimum Gasteiger partial charge on any atom is -0.491 e. The van der Waals surface area contributed by atoms with E-state index in [1.54, 1.807) is 18.2 Å². The molecule has 0 aromatic heterocycles. The molecule has 2 aromatic carbocycles. The van der Waals surface area contributed by atoms with Crippen LogP contribution in [0.3, 0.4) is 0 Å². The molecule has 0 unspecified atom stereocenters. The monoisotopic (exact) mass is 420 g/mol. The molecule has 0 saturated carbocycles. The molecule has 0 saturated heterocycles. The fourth-order valence-corrected chi connectivity index (χ4v) is 3.00. The summed E-state index contributed by atoms with van der Waals surface area (Å²) in [6.45, 7) is 4.75. The average Bonchev–Trinajstić information content (AvgIpc) is 2.66. The third-order valence-electron chi connectivity index (χ3n) is 3.83. The highest BCUT2D eigenvalue weighted by molar-refractivity contribution is 7.80. The summed E-state index contributed by atoms with van der Waals surface area (Å²) < 4.78 is 10.4. The Balaban J connectivity index is 1.80. The Kier molecular flexibility index (Phi) is 8.54. The fraction of sp³-hybridized carbons (Fsp3) is 0.333. The van der Waals surface area contributed by atoms with E-state index in [1.807, 2.05) is 26.0 Å². The molecule has 0 heterocycles. The first-order valence-corrected chi connectivity index (χ1v) is 9.86. The first-order valence-electron chi connectivity index (χ1n) is 9.07. The molecular weight excluding hydrogens is 396 g/mol. The Labute approximate surface area is 176 Å². The first-order chi connectivity index (χ1) is 13.4. The van der Waals surface area contributed by atoms with Crippen molar-refractivity contribution in [3.05, 3.63) is 58.6 Å². The zero-order valence-corrected chi connectivity index (χ0v) is 17.8. The van der Waals surface area contributed by atoms with Gasteiger partial charge in [-0.2, -0.15) is 0 Å². The smallest absolute Gasteiger partial charge is 0.339 e. The highest BCUT2D eigenvalue weighted by Gasteiger charge is 2.11. The molecule has 0 aliphatic rings. The second kappa shape index (κ2) is 10.9. The summed E-state index contributed by atoms with van der Waals surface area (Å²) in [7, 11) is 1.32. The van der Waals surface area contributed by atoms with Gasteiger partial charge in [-0.05, 0) is 74.8 Å². The average molecular weight is 421 g/mol. The number of carbonyl (C=O) groups excluding carboxylic acids is 1. The van der Waals surface area contributed by atoms with Crippen molar-refractivity contribution in [1.82, 2.24) is 5.32 Å². The minimum atomic E-state index is -0.490. The molecule has 5 nitrogen and oxygen atoms in total. The van der Waals surface area contributed by atoms with E-state index in [2.05, 4.69) is 22.8 Å². The standard InChI is InChI=1S/C21H25ClN2O3S/c1-14(2)27-17-8-4-6-15(12-17)7-5-11-23-21(28)24-16-9-10-19(22)18(13-16)20(25)26-3/h4,6,8-10,12-14H,5,7,11H2,1-3H3,(H2,23,24,28). The third kappa shape index (κ3) is 7.02. The van der Waals surface area contributed by atoms with E-state index < -0.39 is 5.97 Å². The molecule has 0 fully saturated rings. The van der Waals surface area contributed by atoms with Crippen LogP contribution in [0, 0.1) is 0 Å². The molecule has 2 aromatic rings. The Morgan fingerprint density at radius 2 is 2.00 bits per heavy atom. The molecule has 0 atom stereocenters. The lowest BCUT2D eigenvalue weighted by Crippen LogP contribution is -2.29. The van der Waals surface area contributed by atoms with Crippen LogP contribution in [0.2, 0.25) is 5.02 Å². The highest BCUT2D eigenvalue weighted by atomic mass is 35.5. The number of thiocarbonyl (C=S) groups is 1. The minimum absolute atomic E-state index is 0.160. The molecule has 150 valence electrons. The second-order valence-electron chi connectivity index (χ2n) is 6.48. The van der Waals surface area contributed by atoms with Gasteiger partial charge in [-0.3, -0.25) is 0 Å². The number of aryl methyl sites for hydroxylation is 1. The van der Waals surface area contributed by atoms with Gasteiger partial charge in [0.1, 0.15) is 5.75 Å². The maximum Gasteiger partial charge on any atom is 0.339 e. The van der Waals surface area contributed by atoms with Gasteiger partial charge >= 0.3 is 5.97 Å². The lowest BCUT2D eigenvalue weighted by molar-refractivity contribution is 0.0601. The van der Waals surface area contributed by atoms with Gasteiger partial charge in [0.15, 0.2) is 5.11 Å². The van der Waals surface area contributed by atoms with Crippen molar-refractivity contribution in [2.75, 3.05) is 19.0 Å². The number of nitrogens with one attached hydrogen (secondary N) is 2. The van der Waals surface area contributed by atoms with E-state index in [0.29, 0.717) is 21.4 Å². The third-order valence-corrected chi connectivity index (χ3v) is 4.40. The second-order valence-corrected chi connectivity index (χ2v) is 7.30. The van der Waals surface area contributed by atoms with Crippen LogP contribution in [-0.4, -0.2) is 30.8 Å². The predicted molar refractivity (Wildman–Crippen MR) is 118 cm³/mol. The number of rotatable bonds is 8. The van der Waals surface area contributed by atoms with Crippen molar-refractivity contribution < 1.29 is 14.3 Å². The van der Waals surface area contributed by atoms with Crippen molar-refractivity contribution in [1.29, 1.82) is 0 Å². The van der Waals surface area contributed by atoms with E-state index >= 15 is 0 Å². The number of hydrogen-bond donors (Lipinski definition) is 2. The summed E-state index contributed by atoms with van der Waals surface area (Å²) in [5.74, 6) is 0.401. The highest BCUT2D eigenvalue weighted by Crippen LogP contribution is 2.21. The molecule has 7 heteroatoms. The van der Waals surface area contributed by atoms with E-state index in [-0.39, 0.29) is 6.10 Å². The van der Waals surface area contributed by atoms with Gasteiger partial charge in [-0.15, -0.1) is 0 Å². The van der Waals surface area contributed by atoms with Gasteiger partial charge in [0.05, 0.1) is 23.8 Å². The molecule has 0 bridgehead atoms. The number of benzene rings is 2. The molecule has 28 heavy (non-hydrogen) atoms. The summed E-state index contributed by atoms with van der Waals surface area (Å²) in [5, 5.41) is 7.03. The van der Waals surface area contributed by atoms with E-state index in [1.165, 1.54) is 12.7 Å². The van der Waals surface area contributed by atoms with Crippen molar-refractivity contribution in [3.63, 3.8) is 0 Å². The van der Waals surface area contributed by atoms with Crippen LogP contribution in [0.1, 0.15) is 36.2 Å². The Bertz CT molecular complexity index is 827. The largest absolute Gasteiger partial charge is 0.491 e. The Hall–Kier alpha value is -2.31. The summed E-state index contributed by atoms with van der Waals surface area (Å²) in [6.07, 6.45) is 1.99. The summed E-state index contributed by atoms with van der Waals surface area (Å²) in [6, 6.07) is 13.1. The van der Waals surface area contributed by atoms with Gasteiger partial charge in [-0.1, -0.05) is 23.7 Å². The van der Waals surface area contributed by atoms with Crippen LogP contribution in [0.4, 0.5) is 5.69 Å². The molecule has 0 amide bonds. The fourth-order valence-electron chi connectivity index (χ4n) is 2.59. The molecule has 2 N–H and O–H groups in total. The SMILES string of the molecule is COC(=O)c1cc(NC(=S)NCCCc2cccc(OC(C)C)c2)ccc1Cl. The van der Waals surface area contributed by atoms with Gasteiger partial charge in [-0.25, -0.2) is 4.79 Å². The van der Waals surface area contributed by atoms with Gasteiger partial charge in [0.2, 0.25) is 0 Å². The van der Waals surface area contributed by atoms with Crippen LogP contribution in [0.15, 0.2) is 42.5 Å². The molecule has 2 rings (SSSR count). The molecule has 0 aliphatic carbocycles. The molecular formula is C21H25ClN2O3S. The zero-order valence-electron chi connectivity index (χ0n) is 16.3. The van der Waals surface area contributed by atoms with E-state index in [0.717, 1.165) is 25.1 Å². The number of hydrogen-bond acceptors (Lipinski definition) is 4. The van der Waals surface area contributed by atoms with Crippen molar-refractivity contribution in [3.8, 4) is 5.75 Å². The van der Waals surface area contributed by atoms with E-state index in [4.69, 9.17) is 33.3 Å². The topological polar surface area (TPSA) is 59.6 Å². The normalized spacial score (nSPS) is 10.5. The molecule has 0 radical (unpaired) electrons. The maximum absolute atomic E-state index is 11.7. The van der Waals surface area contributed by atoms with Crippen LogP contribution in [-0.2, 0) is 11.2 Å². The van der Waals surface area contributed by atoms with Crippen molar-refractivity contribution >= 4 is 40.6 Å². The van der Waals surface area contributed by atoms with Gasteiger partial charge in [0, 0.05) is 12.2 Å². The first kappa shape index (κ1) is 22.0. The summed E-state index contributed by atoms with van der Waals surface area (Å²) in [4.78, 5) is 11.7. The van der Waals surface area contributed by atoms with Gasteiger partial charge in [0.25, 0.3) is 0 Å². The van der Waals surface area contributed by atoms with E-state index in [9.17, 15) is 4.79 Å². The van der Waals surface area contributed by atoms with Crippen molar-refractivity contribution in [2.24, 2.45) is 0 Å². The van der Waals surface area contributed by atoms with Crippen LogP contribution in [0.5, 0.6) is 5.75 Å². The lowest BCUT2D eigenvalue weighted by atomic mass is 10.1. The Morgan fingerprint density at radius 1 is 1.21 bits per heavy atom. The maximum atomic E-state index is 11.7. The zero-order chi connectivity index (χ0) is 20.5. The quantitative estimate of drug-likeness (QED) is 0.362. The number of ether oxygens (including phenoxy) is 2. The predicted octanol–water partition coefficient (Wildman–Crippen LogP) is 4.83. The molecule has 0 spiro atoms. The lowest BCUT2D eigenvalue weighted by Gasteiger charge is -2.13. The number of halogens is 1. The van der Waals surface area contributed by atoms with Crippen molar-refractivity contribution in [2.45, 2.75) is 32.8 Å². The van der Waals surface area contributed by atoms with Crippen LogP contribution in [0.25, 0.3) is 0 Å². The van der Waals surface area contributed by atoms with Crippen LogP contribution >= 0.6 is 23.8 Å². The number of methoxy groups -OCH3 is 1. The summed E-state index contributed by atoms with van der Waals surface area (Å²) >= 11 is 11.3. The van der Waals surface area contributed by atoms with Crippen LogP contribution < -0.4 is 15.4 Å². The van der Waals surface area contributed by atoms with Gasteiger partial charge < -0.3 is 20.1 Å². The molecule has 0 aliphatic heterocycles. The number of esters is 1. The summed E-state index contributed by atoms with van der Waals surface area (Å²) in [5.41, 5.74) is 2.18. The Morgan fingerprint density at radius 3 is 2.71 bits per heavy atom. The number of carbonyl (C=O) groups is 1.